The van der Waals surface area contributed by atoms with Crippen molar-refractivity contribution in [3.63, 3.8) is 0 Å². The van der Waals surface area contributed by atoms with Gasteiger partial charge in [-0.2, -0.15) is 0 Å². The summed E-state index contributed by atoms with van der Waals surface area (Å²) < 4.78 is 0.879. The number of nitrogen functional groups attached to an aromatic ring is 1. The van der Waals surface area contributed by atoms with Gasteiger partial charge in [0.05, 0.1) is 0 Å². The number of nitrogens with two attached hydrogens (primary N) is 1. The standard InChI is InChI=1S/C11H7BrClN5/c12-6-1-5(2-7(13)3-6)10-17-8-9(14)15-4-16-11(8)18-10/h1-4H,(H3,14,15,16,17,18). The molecule has 3 rings (SSSR count). The molecule has 5 nitrogen and oxygen atoms in total. The van der Waals surface area contributed by atoms with Gasteiger partial charge in [-0.15, -0.1) is 0 Å². The predicted octanol–water partition coefficient (Wildman–Crippen LogP) is 3.02. The summed E-state index contributed by atoms with van der Waals surface area (Å²) in [6.45, 7) is 0. The Morgan fingerprint density at radius 1 is 1.22 bits per heavy atom. The van der Waals surface area contributed by atoms with Gasteiger partial charge in [-0.3, -0.25) is 0 Å². The molecule has 0 saturated heterocycles. The molecule has 0 saturated carbocycles. The van der Waals surface area contributed by atoms with E-state index < -0.39 is 0 Å². The number of imidazole rings is 1. The van der Waals surface area contributed by atoms with Crippen LogP contribution in [-0.4, -0.2) is 19.9 Å². The molecule has 3 N–H and O–H groups in total. The molecule has 0 fully saturated rings. The lowest BCUT2D eigenvalue weighted by Gasteiger charge is -1.99. The van der Waals surface area contributed by atoms with E-state index in [9.17, 15) is 0 Å². The van der Waals surface area contributed by atoms with Gasteiger partial charge in [-0.25, -0.2) is 15.0 Å². The van der Waals surface area contributed by atoms with Crippen molar-refractivity contribution in [3.8, 4) is 11.4 Å². The van der Waals surface area contributed by atoms with Crippen molar-refractivity contribution in [2.24, 2.45) is 0 Å². The minimum atomic E-state index is 0.375. The average Bonchev–Trinajstić information content (AvgIpc) is 2.73. The molecular formula is C11H7BrClN5. The van der Waals surface area contributed by atoms with Crippen molar-refractivity contribution in [3.05, 3.63) is 34.0 Å². The van der Waals surface area contributed by atoms with Crippen molar-refractivity contribution < 1.29 is 0 Å². The summed E-state index contributed by atoms with van der Waals surface area (Å²) in [7, 11) is 0. The third kappa shape index (κ3) is 1.93. The molecule has 0 radical (unpaired) electrons. The van der Waals surface area contributed by atoms with E-state index in [2.05, 4.69) is 35.9 Å². The van der Waals surface area contributed by atoms with Crippen LogP contribution in [0, 0.1) is 0 Å². The fourth-order valence-electron chi connectivity index (χ4n) is 1.67. The third-order valence-corrected chi connectivity index (χ3v) is 3.13. The molecular weight excluding hydrogens is 318 g/mol. The minimum Gasteiger partial charge on any atom is -0.382 e. The summed E-state index contributed by atoms with van der Waals surface area (Å²) >= 11 is 9.40. The fourth-order valence-corrected chi connectivity index (χ4v) is 2.53. The Bertz CT molecular complexity index is 719. The fraction of sp³-hybridized carbons (Fsp3) is 0. The lowest BCUT2D eigenvalue weighted by Crippen LogP contribution is -1.91. The first-order valence-electron chi connectivity index (χ1n) is 5.06. The van der Waals surface area contributed by atoms with Gasteiger partial charge >= 0.3 is 0 Å². The largest absolute Gasteiger partial charge is 0.382 e. The second-order valence-electron chi connectivity index (χ2n) is 3.70. The highest BCUT2D eigenvalue weighted by Crippen LogP contribution is 2.27. The van der Waals surface area contributed by atoms with Crippen LogP contribution in [-0.2, 0) is 0 Å². The molecule has 0 aliphatic carbocycles. The molecule has 0 atom stereocenters. The lowest BCUT2D eigenvalue weighted by molar-refractivity contribution is 1.21. The molecule has 0 aliphatic heterocycles. The van der Waals surface area contributed by atoms with Crippen molar-refractivity contribution in [2.45, 2.75) is 0 Å². The maximum atomic E-state index is 6.01. The first-order valence-corrected chi connectivity index (χ1v) is 6.23. The number of anilines is 1. The molecule has 1 aromatic carbocycles. The van der Waals surface area contributed by atoms with Gasteiger partial charge < -0.3 is 10.7 Å². The highest BCUT2D eigenvalue weighted by atomic mass is 79.9. The van der Waals surface area contributed by atoms with Crippen molar-refractivity contribution in [1.82, 2.24) is 19.9 Å². The lowest BCUT2D eigenvalue weighted by atomic mass is 10.2. The number of fused-ring (bicyclic) bond motifs is 1. The Morgan fingerprint density at radius 3 is 2.78 bits per heavy atom. The number of H-pyrrole nitrogens is 1. The van der Waals surface area contributed by atoms with Crippen LogP contribution >= 0.6 is 27.5 Å². The second-order valence-corrected chi connectivity index (χ2v) is 5.05. The molecule has 2 heterocycles. The van der Waals surface area contributed by atoms with Crippen molar-refractivity contribution in [1.29, 1.82) is 0 Å². The summed E-state index contributed by atoms with van der Waals surface area (Å²) in [6, 6.07) is 5.53. The topological polar surface area (TPSA) is 80.5 Å². The van der Waals surface area contributed by atoms with Crippen LogP contribution in [0.25, 0.3) is 22.6 Å². The first kappa shape index (κ1) is 11.4. The maximum Gasteiger partial charge on any atom is 0.183 e. The molecule has 0 amide bonds. The zero-order chi connectivity index (χ0) is 12.7. The summed E-state index contributed by atoms with van der Waals surface area (Å²) in [5.41, 5.74) is 7.77. The van der Waals surface area contributed by atoms with Crippen LogP contribution in [0.3, 0.4) is 0 Å². The van der Waals surface area contributed by atoms with Crippen LogP contribution in [0.2, 0.25) is 5.02 Å². The van der Waals surface area contributed by atoms with E-state index in [0.717, 1.165) is 10.0 Å². The maximum absolute atomic E-state index is 6.01. The molecule has 0 aliphatic rings. The van der Waals surface area contributed by atoms with Crippen molar-refractivity contribution in [2.75, 3.05) is 5.73 Å². The normalized spacial score (nSPS) is 11.0. The number of nitrogens with one attached hydrogen (secondary N) is 1. The molecule has 0 unspecified atom stereocenters. The van der Waals surface area contributed by atoms with Crippen LogP contribution < -0.4 is 5.73 Å². The molecule has 0 spiro atoms. The minimum absolute atomic E-state index is 0.375. The van der Waals surface area contributed by atoms with E-state index in [1.54, 1.807) is 0 Å². The van der Waals surface area contributed by atoms with Crippen LogP contribution in [0.1, 0.15) is 0 Å². The first-order chi connectivity index (χ1) is 8.63. The number of aromatic nitrogens is 4. The van der Waals surface area contributed by atoms with Gasteiger partial charge in [0.2, 0.25) is 0 Å². The van der Waals surface area contributed by atoms with E-state index in [-0.39, 0.29) is 0 Å². The van der Waals surface area contributed by atoms with E-state index in [0.29, 0.717) is 27.8 Å². The second kappa shape index (κ2) is 4.22. The van der Waals surface area contributed by atoms with E-state index in [1.807, 2.05) is 18.2 Å². The number of halogens is 2. The van der Waals surface area contributed by atoms with Crippen LogP contribution in [0.4, 0.5) is 5.82 Å². The number of rotatable bonds is 1. The van der Waals surface area contributed by atoms with E-state index in [1.165, 1.54) is 6.33 Å². The molecule has 3 aromatic rings. The zero-order valence-corrected chi connectivity index (χ0v) is 11.3. The van der Waals surface area contributed by atoms with E-state index in [4.69, 9.17) is 17.3 Å². The SMILES string of the molecule is Nc1ncnc2nc(-c3cc(Cl)cc(Br)c3)[nH]c12. The van der Waals surface area contributed by atoms with Crippen LogP contribution in [0.5, 0.6) is 0 Å². The highest BCUT2D eigenvalue weighted by molar-refractivity contribution is 9.10. The Morgan fingerprint density at radius 2 is 2.06 bits per heavy atom. The quantitative estimate of drug-likeness (QED) is 0.721. The average molecular weight is 325 g/mol. The Hall–Kier alpha value is -1.66. The number of hydrogen-bond donors (Lipinski definition) is 2. The summed E-state index contributed by atoms with van der Waals surface area (Å²) in [4.78, 5) is 15.4. The van der Waals surface area contributed by atoms with Gasteiger partial charge in [-0.05, 0) is 18.2 Å². The third-order valence-electron chi connectivity index (χ3n) is 2.45. The summed E-state index contributed by atoms with van der Waals surface area (Å²) in [5, 5.41) is 0.624. The Labute approximate surface area is 116 Å². The molecule has 18 heavy (non-hydrogen) atoms. The molecule has 7 heteroatoms. The van der Waals surface area contributed by atoms with Crippen molar-refractivity contribution >= 4 is 44.5 Å². The van der Waals surface area contributed by atoms with Gasteiger partial charge in [0.25, 0.3) is 0 Å². The van der Waals surface area contributed by atoms with Gasteiger partial charge in [0, 0.05) is 15.1 Å². The highest BCUT2D eigenvalue weighted by Gasteiger charge is 2.10. The summed E-state index contributed by atoms with van der Waals surface area (Å²) in [5.74, 6) is 1.03. The van der Waals surface area contributed by atoms with Gasteiger partial charge in [-0.1, -0.05) is 27.5 Å². The smallest absolute Gasteiger partial charge is 0.183 e. The van der Waals surface area contributed by atoms with Crippen LogP contribution in [0.15, 0.2) is 29.0 Å². The molecule has 2 aromatic heterocycles. The van der Waals surface area contributed by atoms with Gasteiger partial charge in [0.15, 0.2) is 11.5 Å². The predicted molar refractivity (Wildman–Crippen MR) is 74.2 cm³/mol. The summed E-state index contributed by atoms with van der Waals surface area (Å²) in [6.07, 6.45) is 1.39. The number of benzene rings is 1. The Kier molecular flexibility index (Phi) is 2.68. The monoisotopic (exact) mass is 323 g/mol. The molecule has 90 valence electrons. The number of aromatic amines is 1. The molecule has 0 bridgehead atoms. The van der Waals surface area contributed by atoms with E-state index >= 15 is 0 Å². The van der Waals surface area contributed by atoms with Gasteiger partial charge in [0.1, 0.15) is 17.7 Å². The zero-order valence-electron chi connectivity index (χ0n) is 8.98. The number of nitrogens with zero attached hydrogens (tertiary/aromatic N) is 3. The Balaban J connectivity index is 2.22. The number of hydrogen-bond acceptors (Lipinski definition) is 4.